The van der Waals surface area contributed by atoms with Crippen LogP contribution in [0, 0.1) is 0 Å². The molecule has 3 rings (SSSR count). The molecule has 1 aliphatic heterocycles. The first-order valence-corrected chi connectivity index (χ1v) is 10.4. The van der Waals surface area contributed by atoms with Crippen molar-refractivity contribution in [3.05, 3.63) is 63.6 Å². The van der Waals surface area contributed by atoms with Crippen molar-refractivity contribution in [2.75, 3.05) is 0 Å². The maximum Gasteiger partial charge on any atom is 0.263 e. The number of carbonyl (C=O) groups is 2. The zero-order chi connectivity index (χ0) is 21.0. The molecular weight excluding hydrogens is 406 g/mol. The van der Waals surface area contributed by atoms with Gasteiger partial charge in [-0.15, -0.1) is 0 Å². The SMILES string of the molecule is CCCc1c(OCc2ccc(/C=C3\SC(=S)NC3=O)cc2)ccc(C(C)=O)c1O. The first kappa shape index (κ1) is 21.1. The number of carbonyl (C=O) groups excluding carboxylic acids is 2. The number of amides is 1. The predicted molar refractivity (Wildman–Crippen MR) is 119 cm³/mol. The molecule has 2 N–H and O–H groups in total. The number of aromatic hydroxyl groups is 1. The number of phenolic OH excluding ortho intramolecular Hbond substituents is 1. The molecule has 7 heteroatoms. The van der Waals surface area contributed by atoms with E-state index in [0.29, 0.717) is 39.1 Å². The van der Waals surface area contributed by atoms with Gasteiger partial charge >= 0.3 is 0 Å². The minimum absolute atomic E-state index is 0.00378. The van der Waals surface area contributed by atoms with Crippen molar-refractivity contribution in [3.8, 4) is 11.5 Å². The molecule has 0 radical (unpaired) electrons. The number of Topliss-reactive ketones (excluding diaryl/α,β-unsaturated/α-hetero) is 1. The molecule has 0 bridgehead atoms. The largest absolute Gasteiger partial charge is 0.507 e. The van der Waals surface area contributed by atoms with Crippen LogP contribution in [-0.4, -0.2) is 21.1 Å². The molecule has 0 atom stereocenters. The molecule has 0 spiro atoms. The normalized spacial score (nSPS) is 14.9. The molecule has 1 fully saturated rings. The summed E-state index contributed by atoms with van der Waals surface area (Å²) in [4.78, 5) is 24.0. The van der Waals surface area contributed by atoms with E-state index in [9.17, 15) is 14.7 Å². The number of benzene rings is 2. The van der Waals surface area contributed by atoms with Gasteiger partial charge in [-0.05, 0) is 42.7 Å². The number of hydrogen-bond acceptors (Lipinski definition) is 6. The van der Waals surface area contributed by atoms with Gasteiger partial charge < -0.3 is 15.2 Å². The van der Waals surface area contributed by atoms with Crippen LogP contribution >= 0.6 is 24.0 Å². The van der Waals surface area contributed by atoms with E-state index in [2.05, 4.69) is 5.32 Å². The number of hydrogen-bond donors (Lipinski definition) is 2. The number of ether oxygens (including phenoxy) is 1. The Hall–Kier alpha value is -2.64. The summed E-state index contributed by atoms with van der Waals surface area (Å²) >= 11 is 6.24. The van der Waals surface area contributed by atoms with Crippen molar-refractivity contribution in [2.24, 2.45) is 0 Å². The number of nitrogens with one attached hydrogen (secondary N) is 1. The zero-order valence-corrected chi connectivity index (χ0v) is 17.8. The van der Waals surface area contributed by atoms with Crippen LogP contribution in [0.4, 0.5) is 0 Å². The lowest BCUT2D eigenvalue weighted by molar-refractivity contribution is -0.115. The monoisotopic (exact) mass is 427 g/mol. The Labute approximate surface area is 179 Å². The van der Waals surface area contributed by atoms with Gasteiger partial charge in [-0.3, -0.25) is 9.59 Å². The molecule has 2 aromatic carbocycles. The summed E-state index contributed by atoms with van der Waals surface area (Å²) in [7, 11) is 0. The molecule has 2 aromatic rings. The molecule has 1 heterocycles. The van der Waals surface area contributed by atoms with Crippen molar-refractivity contribution >= 4 is 46.1 Å². The lowest BCUT2D eigenvalue weighted by atomic mass is 10.0. The standard InChI is InChI=1S/C22H21NO4S2/c1-3-4-17-18(10-9-16(13(2)24)20(17)25)27-12-15-7-5-14(6-8-15)11-19-21(26)23-22(28)29-19/h5-11,25H,3-4,12H2,1-2H3,(H,23,26,28)/b19-11-. The average Bonchev–Trinajstić information content (AvgIpc) is 3.00. The predicted octanol–water partition coefficient (Wildman–Crippen LogP) is 4.62. The molecule has 0 aromatic heterocycles. The van der Waals surface area contributed by atoms with Crippen molar-refractivity contribution in [3.63, 3.8) is 0 Å². The summed E-state index contributed by atoms with van der Waals surface area (Å²) in [6.45, 7) is 3.77. The Kier molecular flexibility index (Phi) is 6.71. The molecule has 0 aliphatic carbocycles. The van der Waals surface area contributed by atoms with Gasteiger partial charge in [0.2, 0.25) is 0 Å². The van der Waals surface area contributed by atoms with Gasteiger partial charge in [0, 0.05) is 5.56 Å². The van der Waals surface area contributed by atoms with Crippen LogP contribution in [-0.2, 0) is 17.8 Å². The number of thioether (sulfide) groups is 1. The van der Waals surface area contributed by atoms with E-state index in [4.69, 9.17) is 17.0 Å². The Morgan fingerprint density at radius 3 is 2.55 bits per heavy atom. The van der Waals surface area contributed by atoms with Crippen LogP contribution in [0.15, 0.2) is 41.3 Å². The van der Waals surface area contributed by atoms with Crippen molar-refractivity contribution in [1.82, 2.24) is 5.32 Å². The molecule has 0 unspecified atom stereocenters. The lowest BCUT2D eigenvalue weighted by Crippen LogP contribution is -2.17. The lowest BCUT2D eigenvalue weighted by Gasteiger charge is -2.15. The first-order chi connectivity index (χ1) is 13.9. The molecule has 150 valence electrons. The van der Waals surface area contributed by atoms with E-state index in [0.717, 1.165) is 17.5 Å². The second kappa shape index (κ2) is 9.24. The first-order valence-electron chi connectivity index (χ1n) is 9.21. The van der Waals surface area contributed by atoms with Gasteiger partial charge in [0.15, 0.2) is 5.78 Å². The van der Waals surface area contributed by atoms with E-state index in [1.807, 2.05) is 31.2 Å². The fourth-order valence-electron chi connectivity index (χ4n) is 2.97. The molecule has 0 saturated carbocycles. The molecule has 1 saturated heterocycles. The Balaban J connectivity index is 1.72. The maximum absolute atomic E-state index is 11.7. The van der Waals surface area contributed by atoms with Crippen LogP contribution in [0.2, 0.25) is 0 Å². The van der Waals surface area contributed by atoms with Crippen LogP contribution in [0.25, 0.3) is 6.08 Å². The van der Waals surface area contributed by atoms with Gasteiger partial charge in [0.25, 0.3) is 5.91 Å². The highest BCUT2D eigenvalue weighted by Crippen LogP contribution is 2.33. The quantitative estimate of drug-likeness (QED) is 0.382. The smallest absolute Gasteiger partial charge is 0.263 e. The Bertz CT molecular complexity index is 997. The summed E-state index contributed by atoms with van der Waals surface area (Å²) in [6.07, 6.45) is 3.24. The third-order valence-corrected chi connectivity index (χ3v) is 5.60. The number of thiocarbonyl (C=S) groups is 1. The molecule has 5 nitrogen and oxygen atoms in total. The van der Waals surface area contributed by atoms with E-state index >= 15 is 0 Å². The highest BCUT2D eigenvalue weighted by Gasteiger charge is 2.21. The zero-order valence-electron chi connectivity index (χ0n) is 16.2. The van der Waals surface area contributed by atoms with Gasteiger partial charge in [0.1, 0.15) is 22.4 Å². The number of rotatable bonds is 7. The van der Waals surface area contributed by atoms with Crippen molar-refractivity contribution in [2.45, 2.75) is 33.3 Å². The van der Waals surface area contributed by atoms with E-state index in [1.165, 1.54) is 18.7 Å². The van der Waals surface area contributed by atoms with E-state index in [1.54, 1.807) is 18.2 Å². The Morgan fingerprint density at radius 1 is 1.24 bits per heavy atom. The van der Waals surface area contributed by atoms with Crippen LogP contribution in [0.5, 0.6) is 11.5 Å². The molecule has 1 amide bonds. The second-order valence-corrected chi connectivity index (χ2v) is 8.35. The summed E-state index contributed by atoms with van der Waals surface area (Å²) in [5.41, 5.74) is 2.81. The topological polar surface area (TPSA) is 75.6 Å². The summed E-state index contributed by atoms with van der Waals surface area (Å²) in [5.74, 6) is 0.229. The summed E-state index contributed by atoms with van der Waals surface area (Å²) in [5, 5.41) is 13.0. The van der Waals surface area contributed by atoms with Crippen molar-refractivity contribution < 1.29 is 19.4 Å². The van der Waals surface area contributed by atoms with Crippen LogP contribution in [0.1, 0.15) is 47.3 Å². The second-order valence-electron chi connectivity index (χ2n) is 6.63. The number of ketones is 1. The van der Waals surface area contributed by atoms with Gasteiger partial charge in [0.05, 0.1) is 10.5 Å². The minimum atomic E-state index is -0.176. The van der Waals surface area contributed by atoms with E-state index in [-0.39, 0.29) is 17.4 Å². The molecule has 29 heavy (non-hydrogen) atoms. The maximum atomic E-state index is 11.7. The molecule has 1 aliphatic rings. The minimum Gasteiger partial charge on any atom is -0.507 e. The van der Waals surface area contributed by atoms with Gasteiger partial charge in [-0.1, -0.05) is 61.6 Å². The third kappa shape index (κ3) is 5.05. The van der Waals surface area contributed by atoms with E-state index < -0.39 is 0 Å². The molecular formula is C22H21NO4S2. The fraction of sp³-hybridized carbons (Fsp3) is 0.227. The highest BCUT2D eigenvalue weighted by molar-refractivity contribution is 8.26. The third-order valence-electron chi connectivity index (χ3n) is 4.43. The van der Waals surface area contributed by atoms with Gasteiger partial charge in [-0.25, -0.2) is 0 Å². The number of phenols is 1. The highest BCUT2D eigenvalue weighted by atomic mass is 32.2. The summed E-state index contributed by atoms with van der Waals surface area (Å²) < 4.78 is 6.39. The van der Waals surface area contributed by atoms with Crippen molar-refractivity contribution in [1.29, 1.82) is 0 Å². The summed E-state index contributed by atoms with van der Waals surface area (Å²) in [6, 6.07) is 11.0. The van der Waals surface area contributed by atoms with Crippen LogP contribution in [0.3, 0.4) is 0 Å². The fourth-order valence-corrected chi connectivity index (χ4v) is 4.02. The average molecular weight is 428 g/mol. The Morgan fingerprint density at radius 2 is 1.97 bits per heavy atom. The van der Waals surface area contributed by atoms with Crippen LogP contribution < -0.4 is 10.1 Å². The van der Waals surface area contributed by atoms with Gasteiger partial charge in [-0.2, -0.15) is 0 Å².